The van der Waals surface area contributed by atoms with Crippen LogP contribution in [0, 0.1) is 5.82 Å². The fourth-order valence-corrected chi connectivity index (χ4v) is 2.13. The van der Waals surface area contributed by atoms with E-state index < -0.39 is 0 Å². The van der Waals surface area contributed by atoms with Crippen molar-refractivity contribution in [2.75, 3.05) is 6.61 Å². The van der Waals surface area contributed by atoms with Crippen molar-refractivity contribution in [1.82, 2.24) is 4.98 Å². The second-order valence-corrected chi connectivity index (χ2v) is 5.15. The standard InChI is InChI=1S/C18H22FNO/c1-3-5-6-14-7-10-18(20-13-14)16-9-8-15(12-17(16)19)21-11-4-2/h7-10,12-13H,3-6,11H2,1-2H3. The average Bonchev–Trinajstić information content (AvgIpc) is 2.52. The van der Waals surface area contributed by atoms with Gasteiger partial charge in [-0.2, -0.15) is 0 Å². The lowest BCUT2D eigenvalue weighted by atomic mass is 10.1. The van der Waals surface area contributed by atoms with E-state index >= 15 is 0 Å². The lowest BCUT2D eigenvalue weighted by molar-refractivity contribution is 0.316. The zero-order chi connectivity index (χ0) is 15.1. The number of aromatic nitrogens is 1. The molecule has 2 rings (SSSR count). The van der Waals surface area contributed by atoms with E-state index in [2.05, 4.69) is 11.9 Å². The summed E-state index contributed by atoms with van der Waals surface area (Å²) in [5, 5.41) is 0. The summed E-state index contributed by atoms with van der Waals surface area (Å²) < 4.78 is 19.6. The molecule has 112 valence electrons. The zero-order valence-corrected chi connectivity index (χ0v) is 12.7. The lowest BCUT2D eigenvalue weighted by Crippen LogP contribution is -1.96. The van der Waals surface area contributed by atoms with Crippen LogP contribution in [0.15, 0.2) is 36.5 Å². The fraction of sp³-hybridized carbons (Fsp3) is 0.389. The maximum Gasteiger partial charge on any atom is 0.136 e. The molecule has 0 amide bonds. The van der Waals surface area contributed by atoms with Crippen LogP contribution >= 0.6 is 0 Å². The van der Waals surface area contributed by atoms with Crippen LogP contribution in [0.4, 0.5) is 4.39 Å². The van der Waals surface area contributed by atoms with E-state index in [1.54, 1.807) is 12.1 Å². The Labute approximate surface area is 126 Å². The van der Waals surface area contributed by atoms with E-state index in [4.69, 9.17) is 4.74 Å². The first kappa shape index (κ1) is 15.5. The molecule has 0 N–H and O–H groups in total. The summed E-state index contributed by atoms with van der Waals surface area (Å²) in [6.07, 6.45) is 6.08. The Balaban J connectivity index is 2.13. The normalized spacial score (nSPS) is 10.6. The van der Waals surface area contributed by atoms with Gasteiger partial charge in [-0.1, -0.05) is 26.3 Å². The SMILES string of the molecule is CCCCc1ccc(-c2ccc(OCCC)cc2F)nc1. The van der Waals surface area contributed by atoms with Crippen LogP contribution in [-0.4, -0.2) is 11.6 Å². The number of hydrogen-bond acceptors (Lipinski definition) is 2. The minimum absolute atomic E-state index is 0.294. The highest BCUT2D eigenvalue weighted by molar-refractivity contribution is 5.61. The van der Waals surface area contributed by atoms with Crippen molar-refractivity contribution in [2.45, 2.75) is 39.5 Å². The smallest absolute Gasteiger partial charge is 0.136 e. The summed E-state index contributed by atoms with van der Waals surface area (Å²) in [4.78, 5) is 4.37. The van der Waals surface area contributed by atoms with E-state index in [0.717, 1.165) is 25.7 Å². The summed E-state index contributed by atoms with van der Waals surface area (Å²) in [5.74, 6) is 0.273. The molecule has 0 unspecified atom stereocenters. The van der Waals surface area contributed by atoms with Gasteiger partial charge in [0, 0.05) is 17.8 Å². The van der Waals surface area contributed by atoms with E-state index in [-0.39, 0.29) is 5.82 Å². The molecule has 0 bridgehead atoms. The monoisotopic (exact) mass is 287 g/mol. The van der Waals surface area contributed by atoms with Gasteiger partial charge < -0.3 is 4.74 Å². The largest absolute Gasteiger partial charge is 0.494 e. The Morgan fingerprint density at radius 3 is 2.57 bits per heavy atom. The minimum Gasteiger partial charge on any atom is -0.494 e. The van der Waals surface area contributed by atoms with E-state index in [1.807, 2.05) is 25.3 Å². The van der Waals surface area contributed by atoms with Crippen molar-refractivity contribution in [2.24, 2.45) is 0 Å². The van der Waals surface area contributed by atoms with Crippen molar-refractivity contribution >= 4 is 0 Å². The van der Waals surface area contributed by atoms with E-state index in [9.17, 15) is 4.39 Å². The number of aryl methyl sites for hydroxylation is 1. The van der Waals surface area contributed by atoms with Crippen LogP contribution in [0.5, 0.6) is 5.75 Å². The zero-order valence-electron chi connectivity index (χ0n) is 12.7. The van der Waals surface area contributed by atoms with Gasteiger partial charge in [-0.3, -0.25) is 4.98 Å². The second kappa shape index (κ2) is 7.77. The number of unbranched alkanes of at least 4 members (excludes halogenated alkanes) is 1. The second-order valence-electron chi connectivity index (χ2n) is 5.15. The first-order valence-electron chi connectivity index (χ1n) is 7.62. The molecule has 1 aromatic carbocycles. The minimum atomic E-state index is -0.294. The van der Waals surface area contributed by atoms with Crippen LogP contribution in [0.25, 0.3) is 11.3 Å². The van der Waals surface area contributed by atoms with Crippen molar-refractivity contribution in [3.05, 3.63) is 47.9 Å². The molecule has 21 heavy (non-hydrogen) atoms. The van der Waals surface area contributed by atoms with Gasteiger partial charge in [-0.25, -0.2) is 4.39 Å². The summed E-state index contributed by atoms with van der Waals surface area (Å²) >= 11 is 0. The average molecular weight is 287 g/mol. The number of rotatable bonds is 7. The lowest BCUT2D eigenvalue weighted by Gasteiger charge is -2.08. The van der Waals surface area contributed by atoms with E-state index in [0.29, 0.717) is 23.6 Å². The highest BCUT2D eigenvalue weighted by Gasteiger charge is 2.08. The molecule has 0 radical (unpaired) electrons. The predicted molar refractivity (Wildman–Crippen MR) is 84.0 cm³/mol. The quantitative estimate of drug-likeness (QED) is 0.713. The number of hydrogen-bond donors (Lipinski definition) is 0. The maximum atomic E-state index is 14.1. The highest BCUT2D eigenvalue weighted by atomic mass is 19.1. The molecule has 2 nitrogen and oxygen atoms in total. The summed E-state index contributed by atoms with van der Waals surface area (Å²) in [6, 6.07) is 8.86. The van der Waals surface area contributed by atoms with Gasteiger partial charge in [0.1, 0.15) is 11.6 Å². The van der Waals surface area contributed by atoms with Gasteiger partial charge in [-0.05, 0) is 43.0 Å². The maximum absolute atomic E-state index is 14.1. The Hall–Kier alpha value is -1.90. The molecule has 0 aliphatic heterocycles. The number of benzene rings is 1. The van der Waals surface area contributed by atoms with Gasteiger partial charge >= 0.3 is 0 Å². The Bertz CT molecular complexity index is 566. The molecular formula is C18H22FNO. The molecule has 2 aromatic rings. The summed E-state index contributed by atoms with van der Waals surface area (Å²) in [7, 11) is 0. The molecule has 3 heteroatoms. The topological polar surface area (TPSA) is 22.1 Å². The molecular weight excluding hydrogens is 265 g/mol. The highest BCUT2D eigenvalue weighted by Crippen LogP contribution is 2.25. The Morgan fingerprint density at radius 2 is 1.95 bits per heavy atom. The Kier molecular flexibility index (Phi) is 5.73. The third kappa shape index (κ3) is 4.28. The number of ether oxygens (including phenoxy) is 1. The molecule has 0 spiro atoms. The molecule has 0 aliphatic carbocycles. The molecule has 0 atom stereocenters. The number of pyridine rings is 1. The van der Waals surface area contributed by atoms with Gasteiger partial charge in [0.2, 0.25) is 0 Å². The predicted octanol–water partition coefficient (Wildman–Crippen LogP) is 5.02. The van der Waals surface area contributed by atoms with Gasteiger partial charge in [0.15, 0.2) is 0 Å². The molecule has 0 fully saturated rings. The summed E-state index contributed by atoms with van der Waals surface area (Å²) in [5.41, 5.74) is 2.37. The first-order valence-corrected chi connectivity index (χ1v) is 7.62. The van der Waals surface area contributed by atoms with Crippen LogP contribution in [0.3, 0.4) is 0 Å². The fourth-order valence-electron chi connectivity index (χ4n) is 2.13. The number of halogens is 1. The van der Waals surface area contributed by atoms with Gasteiger partial charge in [0.05, 0.1) is 12.3 Å². The van der Waals surface area contributed by atoms with Gasteiger partial charge in [0.25, 0.3) is 0 Å². The van der Waals surface area contributed by atoms with Crippen LogP contribution in [0.2, 0.25) is 0 Å². The molecule has 0 saturated carbocycles. The molecule has 1 aromatic heterocycles. The van der Waals surface area contributed by atoms with Crippen LogP contribution in [0.1, 0.15) is 38.7 Å². The van der Waals surface area contributed by atoms with E-state index in [1.165, 1.54) is 11.6 Å². The number of nitrogens with zero attached hydrogens (tertiary/aromatic N) is 1. The molecule has 1 heterocycles. The van der Waals surface area contributed by atoms with Crippen LogP contribution in [-0.2, 0) is 6.42 Å². The summed E-state index contributed by atoms with van der Waals surface area (Å²) in [6.45, 7) is 4.79. The third-order valence-electron chi connectivity index (χ3n) is 3.33. The van der Waals surface area contributed by atoms with Crippen molar-refractivity contribution in [3.8, 4) is 17.0 Å². The van der Waals surface area contributed by atoms with Crippen molar-refractivity contribution in [3.63, 3.8) is 0 Å². The Morgan fingerprint density at radius 1 is 1.10 bits per heavy atom. The third-order valence-corrected chi connectivity index (χ3v) is 3.33. The first-order chi connectivity index (χ1) is 10.2. The van der Waals surface area contributed by atoms with Crippen LogP contribution < -0.4 is 4.74 Å². The molecule has 0 aliphatic rings. The van der Waals surface area contributed by atoms with Crippen molar-refractivity contribution < 1.29 is 9.13 Å². The van der Waals surface area contributed by atoms with Gasteiger partial charge in [-0.15, -0.1) is 0 Å². The van der Waals surface area contributed by atoms with Crippen molar-refractivity contribution in [1.29, 1.82) is 0 Å². The molecule has 0 saturated heterocycles.